The molecule has 4 N–H and O–H groups in total. The van der Waals surface area contributed by atoms with Gasteiger partial charge in [0.1, 0.15) is 0 Å². The van der Waals surface area contributed by atoms with Gasteiger partial charge in [0.15, 0.2) is 0 Å². The average Bonchev–Trinajstić information content (AvgIpc) is 2.67. The Morgan fingerprint density at radius 2 is 0.459 bits per heavy atom. The summed E-state index contributed by atoms with van der Waals surface area (Å²) in [5, 5.41) is 37.0. The van der Waals surface area contributed by atoms with Gasteiger partial charge in [-0.25, -0.2) is 0 Å². The summed E-state index contributed by atoms with van der Waals surface area (Å²) in [4.78, 5) is 0. The van der Waals surface area contributed by atoms with E-state index < -0.39 is 22.4 Å². The average molecular weight is 699 g/mol. The van der Waals surface area contributed by atoms with Crippen LogP contribution in [0.3, 0.4) is 0 Å². The minimum Gasteiger partial charge on any atom is -0.390 e. The van der Waals surface area contributed by atoms with Gasteiger partial charge < -0.3 is 20.4 Å². The largest absolute Gasteiger partial charge is 0.390 e. The van der Waals surface area contributed by atoms with Crippen molar-refractivity contribution in [3.8, 4) is 0 Å². The number of hydrogen-bond acceptors (Lipinski definition) is 4. The molecule has 0 fully saturated rings. The van der Waals surface area contributed by atoms with Crippen molar-refractivity contribution in [1.82, 2.24) is 0 Å². The Hall–Kier alpha value is 0.710. The first-order valence-electron chi connectivity index (χ1n) is 15.1. The van der Waals surface area contributed by atoms with Crippen LogP contribution in [0, 0.1) is 0 Å². The molecule has 0 radical (unpaired) electrons. The van der Waals surface area contributed by atoms with Crippen LogP contribution < -0.4 is 0 Å². The number of unbranched alkanes of at least 4 members (excludes halogenated alkanes) is 8. The van der Waals surface area contributed by atoms with Crippen molar-refractivity contribution >= 4 is 0 Å². The monoisotopic (exact) mass is 700 g/mol. The second-order valence-electron chi connectivity index (χ2n) is 13.1. The van der Waals surface area contributed by atoms with Crippen molar-refractivity contribution in [3.05, 3.63) is 0 Å². The fourth-order valence-electron chi connectivity index (χ4n) is 3.23. The molecule has 0 aliphatic rings. The fourth-order valence-corrected chi connectivity index (χ4v) is 3.23. The van der Waals surface area contributed by atoms with Crippen LogP contribution in [0.1, 0.15) is 186 Å². The first-order chi connectivity index (χ1) is 16.2. The van der Waals surface area contributed by atoms with E-state index in [0.717, 1.165) is 51.4 Å². The van der Waals surface area contributed by atoms with Crippen molar-refractivity contribution in [1.29, 1.82) is 0 Å². The van der Waals surface area contributed by atoms with E-state index in [1.54, 1.807) is 0 Å². The topological polar surface area (TPSA) is 80.9 Å². The minimum absolute atomic E-state index is 0. The Labute approximate surface area is 253 Å². The van der Waals surface area contributed by atoms with E-state index in [1.165, 1.54) is 51.4 Å². The molecule has 0 amide bonds. The van der Waals surface area contributed by atoms with Crippen LogP contribution in [0.15, 0.2) is 0 Å². The molecule has 0 spiro atoms. The molecule has 0 heterocycles. The normalized spacial score (nSPS) is 11.7. The SMILES string of the molecule is CCCCCC(C)(C)O.CCCCCC(C)(C)O.CCCCCC(C)(C)O.CCCCCC(C)(C)O.[Hf]. The molecule has 228 valence electrons. The smallest absolute Gasteiger partial charge is 0.0591 e. The molecular formula is C32H72HfO4. The first-order valence-corrected chi connectivity index (χ1v) is 15.1. The Morgan fingerprint density at radius 1 is 0.324 bits per heavy atom. The summed E-state index contributed by atoms with van der Waals surface area (Å²) in [6.07, 6.45) is 18.2. The Balaban J connectivity index is -0.000000122. The predicted octanol–water partition coefficient (Wildman–Crippen LogP) is 9.35. The van der Waals surface area contributed by atoms with Crippen molar-refractivity contribution in [2.75, 3.05) is 0 Å². The zero-order valence-corrected chi connectivity index (χ0v) is 31.2. The van der Waals surface area contributed by atoms with E-state index in [2.05, 4.69) is 27.7 Å². The molecular weight excluding hydrogens is 627 g/mol. The van der Waals surface area contributed by atoms with Gasteiger partial charge in [0, 0.05) is 25.8 Å². The molecule has 0 saturated heterocycles. The zero-order valence-electron chi connectivity index (χ0n) is 27.6. The second kappa shape index (κ2) is 28.2. The van der Waals surface area contributed by atoms with E-state index in [0.29, 0.717) is 0 Å². The number of aliphatic hydroxyl groups is 4. The van der Waals surface area contributed by atoms with Gasteiger partial charge in [-0.15, -0.1) is 0 Å². The molecule has 0 atom stereocenters. The van der Waals surface area contributed by atoms with Crippen molar-refractivity contribution in [3.63, 3.8) is 0 Å². The summed E-state index contributed by atoms with van der Waals surface area (Å²) >= 11 is 0. The van der Waals surface area contributed by atoms with Crippen molar-refractivity contribution < 1.29 is 46.3 Å². The summed E-state index contributed by atoms with van der Waals surface area (Å²) in [6, 6.07) is 0. The summed E-state index contributed by atoms with van der Waals surface area (Å²) in [7, 11) is 0. The van der Waals surface area contributed by atoms with Gasteiger partial charge >= 0.3 is 0 Å². The van der Waals surface area contributed by atoms with Crippen molar-refractivity contribution in [2.24, 2.45) is 0 Å². The maximum absolute atomic E-state index is 9.24. The van der Waals surface area contributed by atoms with Gasteiger partial charge in [0.2, 0.25) is 0 Å². The van der Waals surface area contributed by atoms with Gasteiger partial charge in [0.05, 0.1) is 22.4 Å². The van der Waals surface area contributed by atoms with Crippen LogP contribution in [-0.4, -0.2) is 42.8 Å². The van der Waals surface area contributed by atoms with Gasteiger partial charge in [-0.1, -0.05) is 105 Å². The van der Waals surface area contributed by atoms with Crippen molar-refractivity contribution in [2.45, 2.75) is 208 Å². The summed E-state index contributed by atoms with van der Waals surface area (Å²) in [5.74, 6) is 0. The Kier molecular flexibility index (Phi) is 36.3. The molecule has 0 rings (SSSR count). The molecule has 0 aromatic heterocycles. The molecule has 0 aromatic rings. The zero-order chi connectivity index (χ0) is 29.3. The molecule has 0 aliphatic carbocycles. The molecule has 0 aromatic carbocycles. The van der Waals surface area contributed by atoms with Crippen LogP contribution >= 0.6 is 0 Å². The van der Waals surface area contributed by atoms with E-state index in [1.807, 2.05) is 55.4 Å². The number of hydrogen-bond donors (Lipinski definition) is 4. The molecule has 0 saturated carbocycles. The summed E-state index contributed by atoms with van der Waals surface area (Å²) in [5.41, 5.74) is -1.80. The molecule has 4 nitrogen and oxygen atoms in total. The van der Waals surface area contributed by atoms with Gasteiger partial charge in [-0.2, -0.15) is 0 Å². The summed E-state index contributed by atoms with van der Waals surface area (Å²) in [6.45, 7) is 23.6. The number of rotatable bonds is 16. The van der Waals surface area contributed by atoms with Crippen LogP contribution in [-0.2, 0) is 25.8 Å². The van der Waals surface area contributed by atoms with Crippen LogP contribution in [0.4, 0.5) is 0 Å². The second-order valence-corrected chi connectivity index (χ2v) is 13.1. The first kappa shape index (κ1) is 47.5. The van der Waals surface area contributed by atoms with Crippen LogP contribution in [0.2, 0.25) is 0 Å². The maximum atomic E-state index is 9.24. The summed E-state index contributed by atoms with van der Waals surface area (Å²) < 4.78 is 0. The Bertz CT molecular complexity index is 332. The van der Waals surface area contributed by atoms with Crippen LogP contribution in [0.25, 0.3) is 0 Å². The quantitative estimate of drug-likeness (QED) is 0.0957. The molecule has 37 heavy (non-hydrogen) atoms. The third-order valence-corrected chi connectivity index (χ3v) is 5.57. The molecule has 0 bridgehead atoms. The van der Waals surface area contributed by atoms with Crippen LogP contribution in [0.5, 0.6) is 0 Å². The molecule has 0 aliphatic heterocycles. The third-order valence-electron chi connectivity index (χ3n) is 5.57. The van der Waals surface area contributed by atoms with E-state index >= 15 is 0 Å². The fraction of sp³-hybridized carbons (Fsp3) is 1.00. The third kappa shape index (κ3) is 72.4. The predicted molar refractivity (Wildman–Crippen MR) is 162 cm³/mol. The Morgan fingerprint density at radius 3 is 0.541 bits per heavy atom. The van der Waals surface area contributed by atoms with Gasteiger partial charge in [-0.05, 0) is 81.1 Å². The molecule has 0 unspecified atom stereocenters. The minimum atomic E-state index is -0.449. The van der Waals surface area contributed by atoms with E-state index in [9.17, 15) is 20.4 Å². The van der Waals surface area contributed by atoms with E-state index in [4.69, 9.17) is 0 Å². The standard InChI is InChI=1S/4C8H18O.Hf/c4*1-4-5-6-7-8(2,3)9;/h4*9H,4-7H2,1-3H3;. The van der Waals surface area contributed by atoms with Gasteiger partial charge in [-0.3, -0.25) is 0 Å². The van der Waals surface area contributed by atoms with Gasteiger partial charge in [0.25, 0.3) is 0 Å². The van der Waals surface area contributed by atoms with E-state index in [-0.39, 0.29) is 25.8 Å². The maximum Gasteiger partial charge on any atom is 0.0591 e. The molecule has 5 heteroatoms.